The normalized spacial score (nSPS) is 11.2. The Morgan fingerprint density at radius 2 is 1.35 bits per heavy atom. The summed E-state index contributed by atoms with van der Waals surface area (Å²) in [5, 5.41) is 2.90. The second-order valence-electron chi connectivity index (χ2n) is 9.42. The summed E-state index contributed by atoms with van der Waals surface area (Å²) < 4.78 is 7.13. The molecule has 0 aliphatic rings. The summed E-state index contributed by atoms with van der Waals surface area (Å²) >= 11 is 0. The first-order valence-corrected chi connectivity index (χ1v) is 13.8. The molecule has 2 rings (SSSR count). The van der Waals surface area contributed by atoms with Gasteiger partial charge in [0, 0.05) is 13.5 Å². The topological polar surface area (TPSA) is 81.9 Å². The van der Waals surface area contributed by atoms with Gasteiger partial charge in [0.1, 0.15) is 5.52 Å². The summed E-state index contributed by atoms with van der Waals surface area (Å²) in [5.74, 6) is 0.356. The van der Waals surface area contributed by atoms with E-state index in [1.54, 1.807) is 24.1 Å². The van der Waals surface area contributed by atoms with Crippen LogP contribution in [0.1, 0.15) is 122 Å². The Bertz CT molecular complexity index is 792. The Hall–Kier alpha value is -2.18. The Kier molecular flexibility index (Phi) is 15.0. The lowest BCUT2D eigenvalue weighted by Crippen LogP contribution is -2.09. The molecule has 0 radical (unpaired) electrons. The molecule has 2 aromatic rings. The number of carbonyl (C=O) groups excluding carboxylic acids is 1. The Morgan fingerprint density at radius 1 is 0.824 bits per heavy atom. The third-order valence-corrected chi connectivity index (χ3v) is 6.43. The first-order valence-electron chi connectivity index (χ1n) is 13.8. The van der Waals surface area contributed by atoms with Crippen molar-refractivity contribution in [3.05, 3.63) is 12.5 Å². The maximum atomic E-state index is 12.1. The number of anilines is 1. The zero-order valence-corrected chi connectivity index (χ0v) is 21.7. The van der Waals surface area contributed by atoms with Gasteiger partial charge in [-0.3, -0.25) is 9.36 Å². The fourth-order valence-corrected chi connectivity index (χ4v) is 4.28. The van der Waals surface area contributed by atoms with E-state index in [0.29, 0.717) is 23.5 Å². The lowest BCUT2D eigenvalue weighted by atomic mass is 10.0. The maximum Gasteiger partial charge on any atom is 0.307 e. The van der Waals surface area contributed by atoms with E-state index < -0.39 is 0 Å². The average molecular weight is 474 g/mol. The van der Waals surface area contributed by atoms with Gasteiger partial charge in [-0.2, -0.15) is 4.98 Å². The van der Waals surface area contributed by atoms with Gasteiger partial charge < -0.3 is 10.1 Å². The lowest BCUT2D eigenvalue weighted by Gasteiger charge is -2.07. The van der Waals surface area contributed by atoms with Gasteiger partial charge in [0.15, 0.2) is 12.4 Å². The van der Waals surface area contributed by atoms with Crippen molar-refractivity contribution in [2.75, 3.05) is 12.4 Å². The first-order chi connectivity index (χ1) is 16.7. The van der Waals surface area contributed by atoms with Gasteiger partial charge >= 0.3 is 5.97 Å². The van der Waals surface area contributed by atoms with Gasteiger partial charge in [0.2, 0.25) is 5.95 Å². The monoisotopic (exact) mass is 473 g/mol. The zero-order valence-electron chi connectivity index (χ0n) is 21.7. The van der Waals surface area contributed by atoms with E-state index >= 15 is 0 Å². The fraction of sp³-hybridized carbons (Fsp3) is 0.778. The zero-order chi connectivity index (χ0) is 24.3. The molecule has 0 fully saturated rings. The number of esters is 1. The van der Waals surface area contributed by atoms with Gasteiger partial charge in [-0.1, -0.05) is 110 Å². The molecule has 0 unspecified atom stereocenters. The molecule has 7 nitrogen and oxygen atoms in total. The number of aromatic nitrogens is 4. The number of nitrogens with zero attached hydrogens (tertiary/aromatic N) is 4. The molecule has 0 spiro atoms. The smallest absolute Gasteiger partial charge is 0.307 e. The highest BCUT2D eigenvalue weighted by Crippen LogP contribution is 2.15. The minimum absolute atomic E-state index is 0.133. The van der Waals surface area contributed by atoms with Crippen molar-refractivity contribution in [3.63, 3.8) is 0 Å². The fourth-order valence-electron chi connectivity index (χ4n) is 4.28. The molecule has 2 heterocycles. The number of imidazole rings is 1. The van der Waals surface area contributed by atoms with E-state index in [0.717, 1.165) is 12.8 Å². The Balaban J connectivity index is 1.37. The van der Waals surface area contributed by atoms with Gasteiger partial charge in [0.25, 0.3) is 0 Å². The summed E-state index contributed by atoms with van der Waals surface area (Å²) in [6.07, 6.45) is 26.5. The maximum absolute atomic E-state index is 12.1. The second-order valence-corrected chi connectivity index (χ2v) is 9.42. The lowest BCUT2D eigenvalue weighted by molar-refractivity contribution is -0.147. The van der Waals surface area contributed by atoms with Crippen molar-refractivity contribution in [3.8, 4) is 0 Å². The number of fused-ring (bicyclic) bond motifs is 1. The number of rotatable bonds is 21. The summed E-state index contributed by atoms with van der Waals surface area (Å²) in [6.45, 7) is 2.41. The SMILES string of the molecule is CCCCCCCCCCCCCCCCCCCC(=O)OCn1cnc2cnc(NC)nc21. The number of ether oxygens (including phenoxy) is 1. The molecule has 0 atom stereocenters. The molecule has 0 saturated carbocycles. The van der Waals surface area contributed by atoms with Crippen LogP contribution in [0.15, 0.2) is 12.5 Å². The van der Waals surface area contributed by atoms with Crippen LogP contribution in [0.2, 0.25) is 0 Å². The van der Waals surface area contributed by atoms with E-state index in [2.05, 4.69) is 27.2 Å². The Morgan fingerprint density at radius 3 is 1.88 bits per heavy atom. The van der Waals surface area contributed by atoms with Crippen LogP contribution < -0.4 is 5.32 Å². The van der Waals surface area contributed by atoms with Crippen molar-refractivity contribution in [2.45, 2.75) is 129 Å². The quantitative estimate of drug-likeness (QED) is 0.150. The standard InChI is InChI=1S/C27H47N5O2/c1-3-4-5-6-7-8-9-10-11-12-13-14-15-16-17-18-19-20-25(33)34-23-32-22-30-24-21-29-27(28-2)31-26(24)32/h21-22H,3-20,23H2,1-2H3,(H,28,29,31). The molecule has 0 aliphatic heterocycles. The van der Waals surface area contributed by atoms with Crippen LogP contribution in [0, 0.1) is 0 Å². The molecule has 0 aromatic carbocycles. The van der Waals surface area contributed by atoms with E-state index in [9.17, 15) is 4.79 Å². The first kappa shape index (κ1) is 28.1. The number of carbonyl (C=O) groups is 1. The van der Waals surface area contributed by atoms with Crippen LogP contribution in [0.4, 0.5) is 5.95 Å². The van der Waals surface area contributed by atoms with Gasteiger partial charge in [-0.25, -0.2) is 9.97 Å². The molecule has 7 heteroatoms. The van der Waals surface area contributed by atoms with Crippen LogP contribution in [-0.2, 0) is 16.3 Å². The van der Waals surface area contributed by atoms with Crippen LogP contribution in [0.5, 0.6) is 0 Å². The summed E-state index contributed by atoms with van der Waals surface area (Å²) in [6, 6.07) is 0. The summed E-state index contributed by atoms with van der Waals surface area (Å²) in [4.78, 5) is 24.8. The van der Waals surface area contributed by atoms with Gasteiger partial charge in [-0.15, -0.1) is 0 Å². The molecular formula is C27H47N5O2. The molecular weight excluding hydrogens is 426 g/mol. The third kappa shape index (κ3) is 11.8. The predicted molar refractivity (Wildman–Crippen MR) is 140 cm³/mol. The summed E-state index contributed by atoms with van der Waals surface area (Å²) in [7, 11) is 1.76. The number of hydrogen-bond acceptors (Lipinski definition) is 6. The molecule has 192 valence electrons. The van der Waals surface area contributed by atoms with Gasteiger partial charge in [0.05, 0.1) is 12.5 Å². The van der Waals surface area contributed by atoms with E-state index in [-0.39, 0.29) is 12.7 Å². The van der Waals surface area contributed by atoms with Crippen LogP contribution >= 0.6 is 0 Å². The van der Waals surface area contributed by atoms with Crippen molar-refractivity contribution in [1.29, 1.82) is 0 Å². The highest BCUT2D eigenvalue weighted by molar-refractivity contribution is 5.71. The third-order valence-electron chi connectivity index (χ3n) is 6.43. The van der Waals surface area contributed by atoms with Crippen LogP contribution in [0.3, 0.4) is 0 Å². The number of hydrogen-bond donors (Lipinski definition) is 1. The minimum Gasteiger partial charge on any atom is -0.444 e. The Labute approximate surface area is 206 Å². The highest BCUT2D eigenvalue weighted by Gasteiger charge is 2.08. The molecule has 0 saturated heterocycles. The van der Waals surface area contributed by atoms with Crippen molar-refractivity contribution in [1.82, 2.24) is 19.5 Å². The van der Waals surface area contributed by atoms with Crippen molar-refractivity contribution in [2.24, 2.45) is 0 Å². The minimum atomic E-state index is -0.161. The molecule has 0 amide bonds. The van der Waals surface area contributed by atoms with E-state index in [1.807, 2.05) is 0 Å². The van der Waals surface area contributed by atoms with Crippen LogP contribution in [0.25, 0.3) is 11.2 Å². The molecule has 2 aromatic heterocycles. The molecule has 1 N–H and O–H groups in total. The van der Waals surface area contributed by atoms with E-state index in [4.69, 9.17) is 4.74 Å². The predicted octanol–water partition coefficient (Wildman–Crippen LogP) is 7.41. The highest BCUT2D eigenvalue weighted by atomic mass is 16.5. The summed E-state index contributed by atoms with van der Waals surface area (Å²) in [5.41, 5.74) is 1.34. The van der Waals surface area contributed by atoms with E-state index in [1.165, 1.54) is 96.3 Å². The molecule has 34 heavy (non-hydrogen) atoms. The molecule has 0 aliphatic carbocycles. The van der Waals surface area contributed by atoms with Gasteiger partial charge in [-0.05, 0) is 6.42 Å². The van der Waals surface area contributed by atoms with Crippen molar-refractivity contribution < 1.29 is 9.53 Å². The average Bonchev–Trinajstić information content (AvgIpc) is 3.26. The number of nitrogens with one attached hydrogen (secondary N) is 1. The van der Waals surface area contributed by atoms with Crippen molar-refractivity contribution >= 4 is 23.1 Å². The molecule has 0 bridgehead atoms. The largest absolute Gasteiger partial charge is 0.444 e. The second kappa shape index (κ2) is 18.2. The van der Waals surface area contributed by atoms with Crippen LogP contribution in [-0.4, -0.2) is 32.5 Å². The number of unbranched alkanes of at least 4 members (excludes halogenated alkanes) is 16.